The Bertz CT molecular complexity index is 240. The van der Waals surface area contributed by atoms with Crippen molar-refractivity contribution < 1.29 is 0 Å². The van der Waals surface area contributed by atoms with Gasteiger partial charge in [0.1, 0.15) is 4.83 Å². The summed E-state index contributed by atoms with van der Waals surface area (Å²) in [6, 6.07) is 11.7. The van der Waals surface area contributed by atoms with E-state index in [1.165, 1.54) is 0 Å². The van der Waals surface area contributed by atoms with Gasteiger partial charge < -0.3 is 0 Å². The van der Waals surface area contributed by atoms with Crippen LogP contribution in [0.15, 0.2) is 30.3 Å². The fraction of sp³-hybridized carbons (Fsp3) is 0.125. The maximum atomic E-state index is 8.49. The lowest BCUT2D eigenvalue weighted by Gasteiger charge is -1.97. The maximum absolute atomic E-state index is 8.49. The third-order valence-corrected chi connectivity index (χ3v) is 1.94. The molecule has 1 nitrogen and oxygen atoms in total. The second kappa shape index (κ2) is 5.34. The molecule has 0 heterocycles. The lowest BCUT2D eigenvalue weighted by atomic mass is 10.2. The van der Waals surface area contributed by atoms with Gasteiger partial charge in [0, 0.05) is 0 Å². The molecule has 0 fully saturated rings. The van der Waals surface area contributed by atoms with Crippen molar-refractivity contribution >= 4 is 32.9 Å². The second-order valence-electron chi connectivity index (χ2n) is 1.90. The molecule has 0 spiro atoms. The zero-order chi connectivity index (χ0) is 7.40. The first-order valence-corrected chi connectivity index (χ1v) is 3.85. The normalized spacial score (nSPS) is 10.9. The summed E-state index contributed by atoms with van der Waals surface area (Å²) in [5.74, 6) is 0. The molecule has 0 aliphatic heterocycles. The van der Waals surface area contributed by atoms with E-state index in [2.05, 4.69) is 22.0 Å². The Morgan fingerprint density at radius 3 is 2.27 bits per heavy atom. The van der Waals surface area contributed by atoms with Crippen molar-refractivity contribution in [2.24, 2.45) is 0 Å². The number of hydrogen-bond donors (Lipinski definition) is 0. The Labute approximate surface area is 84.9 Å². The highest BCUT2D eigenvalue weighted by molar-refractivity contribution is 9.09. The smallest absolute Gasteiger partial charge is 0.126 e. The molecule has 0 saturated heterocycles. The van der Waals surface area contributed by atoms with E-state index in [0.29, 0.717) is 0 Å². The minimum atomic E-state index is -0.173. The fourth-order valence-electron chi connectivity index (χ4n) is 0.697. The van der Waals surface area contributed by atoms with Crippen molar-refractivity contribution in [1.82, 2.24) is 0 Å². The van der Waals surface area contributed by atoms with Crippen LogP contribution in [0.1, 0.15) is 10.4 Å². The SMILES string of the molecule is Br.N#CC(Br)c1ccccc1. The lowest BCUT2D eigenvalue weighted by Crippen LogP contribution is -1.82. The summed E-state index contributed by atoms with van der Waals surface area (Å²) in [5, 5.41) is 8.49. The molecule has 0 aliphatic rings. The molecule has 0 aromatic heterocycles. The van der Waals surface area contributed by atoms with E-state index in [1.54, 1.807) is 0 Å². The van der Waals surface area contributed by atoms with Crippen LogP contribution in [0.25, 0.3) is 0 Å². The maximum Gasteiger partial charge on any atom is 0.126 e. The van der Waals surface area contributed by atoms with E-state index < -0.39 is 0 Å². The number of benzene rings is 1. The number of halogens is 2. The van der Waals surface area contributed by atoms with Crippen molar-refractivity contribution in [2.75, 3.05) is 0 Å². The highest BCUT2D eigenvalue weighted by atomic mass is 79.9. The van der Waals surface area contributed by atoms with Gasteiger partial charge in [0.15, 0.2) is 0 Å². The molecule has 0 saturated carbocycles. The molecule has 1 atom stereocenters. The van der Waals surface area contributed by atoms with Crippen molar-refractivity contribution in [3.05, 3.63) is 35.9 Å². The molecule has 0 N–H and O–H groups in total. The topological polar surface area (TPSA) is 23.8 Å². The van der Waals surface area contributed by atoms with E-state index in [0.717, 1.165) is 5.56 Å². The number of nitrogens with zero attached hydrogens (tertiary/aromatic N) is 1. The van der Waals surface area contributed by atoms with Crippen LogP contribution in [-0.2, 0) is 0 Å². The molecule has 58 valence electrons. The van der Waals surface area contributed by atoms with Crippen molar-refractivity contribution in [2.45, 2.75) is 4.83 Å². The molecule has 0 radical (unpaired) electrons. The predicted octanol–water partition coefficient (Wildman–Crippen LogP) is 3.22. The van der Waals surface area contributed by atoms with Crippen LogP contribution in [0.3, 0.4) is 0 Å². The Morgan fingerprint density at radius 1 is 1.27 bits per heavy atom. The van der Waals surface area contributed by atoms with Gasteiger partial charge in [-0.1, -0.05) is 46.3 Å². The van der Waals surface area contributed by atoms with Crippen LogP contribution in [0.2, 0.25) is 0 Å². The summed E-state index contributed by atoms with van der Waals surface area (Å²) >= 11 is 3.22. The van der Waals surface area contributed by atoms with Gasteiger partial charge in [-0.2, -0.15) is 5.26 Å². The molecule has 0 amide bonds. The lowest BCUT2D eigenvalue weighted by molar-refractivity contribution is 1.25. The number of nitriles is 1. The van der Waals surface area contributed by atoms with Gasteiger partial charge in [-0.3, -0.25) is 0 Å². The third kappa shape index (κ3) is 3.04. The van der Waals surface area contributed by atoms with Crippen LogP contribution >= 0.6 is 32.9 Å². The third-order valence-electron chi connectivity index (χ3n) is 1.21. The largest absolute Gasteiger partial charge is 0.197 e. The zero-order valence-electron chi connectivity index (χ0n) is 5.70. The van der Waals surface area contributed by atoms with Gasteiger partial charge in [-0.05, 0) is 5.56 Å². The first kappa shape index (κ1) is 10.7. The minimum Gasteiger partial charge on any atom is -0.197 e. The van der Waals surface area contributed by atoms with Crippen LogP contribution in [0.5, 0.6) is 0 Å². The molecule has 1 rings (SSSR count). The van der Waals surface area contributed by atoms with Gasteiger partial charge >= 0.3 is 0 Å². The van der Waals surface area contributed by atoms with E-state index in [-0.39, 0.29) is 21.8 Å². The predicted molar refractivity (Wildman–Crippen MR) is 54.0 cm³/mol. The van der Waals surface area contributed by atoms with Crippen LogP contribution in [0.4, 0.5) is 0 Å². The first-order chi connectivity index (χ1) is 4.84. The summed E-state index contributed by atoms with van der Waals surface area (Å²) in [6.07, 6.45) is 0. The Balaban J connectivity index is 0.000001000. The van der Waals surface area contributed by atoms with Crippen LogP contribution in [0, 0.1) is 11.3 Å². The van der Waals surface area contributed by atoms with Crippen LogP contribution in [-0.4, -0.2) is 0 Å². The van der Waals surface area contributed by atoms with E-state index in [9.17, 15) is 0 Å². The monoisotopic (exact) mass is 275 g/mol. The standard InChI is InChI=1S/C8H6BrN.BrH/c9-8(6-10)7-4-2-1-3-5-7;/h1-5,8H;1H. The number of hydrogen-bond acceptors (Lipinski definition) is 1. The van der Waals surface area contributed by atoms with E-state index >= 15 is 0 Å². The molecule has 3 heteroatoms. The molecule has 1 unspecified atom stereocenters. The van der Waals surface area contributed by atoms with Gasteiger partial charge in [0.25, 0.3) is 0 Å². The highest BCUT2D eigenvalue weighted by Crippen LogP contribution is 2.20. The minimum absolute atomic E-state index is 0. The molecular weight excluding hydrogens is 270 g/mol. The molecule has 11 heavy (non-hydrogen) atoms. The summed E-state index contributed by atoms with van der Waals surface area (Å²) in [4.78, 5) is -0.173. The van der Waals surface area contributed by atoms with Gasteiger partial charge in [-0.15, -0.1) is 17.0 Å². The van der Waals surface area contributed by atoms with Crippen LogP contribution < -0.4 is 0 Å². The van der Waals surface area contributed by atoms with E-state index in [1.807, 2.05) is 30.3 Å². The van der Waals surface area contributed by atoms with Gasteiger partial charge in [-0.25, -0.2) is 0 Å². The van der Waals surface area contributed by atoms with Crippen molar-refractivity contribution in [3.8, 4) is 6.07 Å². The number of alkyl halides is 1. The zero-order valence-corrected chi connectivity index (χ0v) is 9.00. The molecule has 0 aliphatic carbocycles. The molecular formula is C8H7Br2N. The summed E-state index contributed by atoms with van der Waals surface area (Å²) in [7, 11) is 0. The molecule has 0 bridgehead atoms. The van der Waals surface area contributed by atoms with Crippen molar-refractivity contribution in [1.29, 1.82) is 5.26 Å². The molecule has 1 aromatic carbocycles. The summed E-state index contributed by atoms with van der Waals surface area (Å²) < 4.78 is 0. The molecule has 1 aromatic rings. The summed E-state index contributed by atoms with van der Waals surface area (Å²) in [6.45, 7) is 0. The average Bonchev–Trinajstić information content (AvgIpc) is 2.05. The van der Waals surface area contributed by atoms with E-state index in [4.69, 9.17) is 5.26 Å². The quantitative estimate of drug-likeness (QED) is 0.723. The van der Waals surface area contributed by atoms with Gasteiger partial charge in [0.2, 0.25) is 0 Å². The fourth-order valence-corrected chi connectivity index (χ4v) is 1.00. The second-order valence-corrected chi connectivity index (χ2v) is 2.82. The van der Waals surface area contributed by atoms with Crippen molar-refractivity contribution in [3.63, 3.8) is 0 Å². The van der Waals surface area contributed by atoms with Gasteiger partial charge in [0.05, 0.1) is 6.07 Å². The Hall–Kier alpha value is -0.330. The number of rotatable bonds is 1. The highest BCUT2D eigenvalue weighted by Gasteiger charge is 2.01. The Kier molecular flexibility index (Phi) is 5.18. The summed E-state index contributed by atoms with van der Waals surface area (Å²) in [5.41, 5.74) is 1.00. The average molecular weight is 277 g/mol. The first-order valence-electron chi connectivity index (χ1n) is 2.93. The Morgan fingerprint density at radius 2 is 1.82 bits per heavy atom.